The fourth-order valence-corrected chi connectivity index (χ4v) is 8.24. The van der Waals surface area contributed by atoms with Gasteiger partial charge in [-0.2, -0.15) is 62.9 Å². The van der Waals surface area contributed by atoms with E-state index >= 15 is 0 Å². The molecule has 0 spiro atoms. The van der Waals surface area contributed by atoms with Crippen LogP contribution in [0, 0.1) is 0 Å². The third-order valence-corrected chi connectivity index (χ3v) is 13.0. The standard InChI is InChI=1S/2C12H14F3N3O3.C11H15F3N4O.C10H13F3N4O2/c2*1-3-21-10-9(19)18(11(20)17(10)2)8-6-7(4-5-16-8)12(13,14)15;1-6-7(2)18(10(19)16(6)3)9-5-8(11(12,13)14)17(4)15-9;1-5-8(18)17(9(19)15(5)2)7-4-6(10(11,12)13)16(3)14-7/h2*4-6,9-10,19H,3H2,1-2H3;5-7H,1-4H3;4-5,8,18H,1-3H3/t2*9?,10-;6-,7?;5-,8?/m1001/s1. The highest BCUT2D eigenvalue weighted by Crippen LogP contribution is 2.38. The molecule has 4 saturated heterocycles. The number of carbonyl (C=O) groups excluding carboxylic acids is 4. The van der Waals surface area contributed by atoms with E-state index in [4.69, 9.17) is 9.47 Å². The van der Waals surface area contributed by atoms with Gasteiger partial charge < -0.3 is 34.6 Å². The summed E-state index contributed by atoms with van der Waals surface area (Å²) in [6.07, 6.45) is -22.3. The molecule has 8 amide bonds. The Morgan fingerprint density at radius 1 is 0.450 bits per heavy atom. The molecular weight excluding hydrogens is 1110 g/mol. The third kappa shape index (κ3) is 13.0. The van der Waals surface area contributed by atoms with Gasteiger partial charge in [-0.3, -0.25) is 24.1 Å². The molecule has 0 saturated carbocycles. The van der Waals surface area contributed by atoms with E-state index in [-0.39, 0.29) is 54.6 Å². The highest BCUT2D eigenvalue weighted by molar-refractivity contribution is 5.96. The van der Waals surface area contributed by atoms with Gasteiger partial charge in [0.2, 0.25) is 0 Å². The average Bonchev–Trinajstić information content (AvgIpc) is 4.15. The van der Waals surface area contributed by atoms with E-state index in [9.17, 15) is 87.2 Å². The second-order valence-corrected chi connectivity index (χ2v) is 18.0. The second-order valence-electron chi connectivity index (χ2n) is 18.0. The fraction of sp³-hybridized carbons (Fsp3) is 0.556. The Morgan fingerprint density at radius 3 is 1.06 bits per heavy atom. The number of urea groups is 4. The van der Waals surface area contributed by atoms with Crippen molar-refractivity contribution in [2.45, 2.75) is 109 Å². The van der Waals surface area contributed by atoms with Crippen molar-refractivity contribution in [2.75, 3.05) is 61.0 Å². The second kappa shape index (κ2) is 23.8. The first-order chi connectivity index (χ1) is 36.8. The first-order valence-electron chi connectivity index (χ1n) is 23.6. The van der Waals surface area contributed by atoms with Crippen LogP contribution in [0.15, 0.2) is 48.8 Å². The lowest BCUT2D eigenvalue weighted by atomic mass is 10.2. The summed E-state index contributed by atoms with van der Waals surface area (Å²) in [5.41, 5.74) is -3.75. The summed E-state index contributed by atoms with van der Waals surface area (Å²) in [5, 5.41) is 37.5. The maximum atomic E-state index is 12.7. The number of hydrogen-bond acceptors (Lipinski definition) is 13. The van der Waals surface area contributed by atoms with Gasteiger partial charge in [0.15, 0.2) is 42.8 Å². The molecule has 80 heavy (non-hydrogen) atoms. The van der Waals surface area contributed by atoms with Crippen LogP contribution in [0.4, 0.5) is 95.1 Å². The quantitative estimate of drug-likeness (QED) is 0.162. The van der Waals surface area contributed by atoms with E-state index < -0.39 is 102 Å². The van der Waals surface area contributed by atoms with Crippen LogP contribution in [0.5, 0.6) is 0 Å². The van der Waals surface area contributed by atoms with E-state index in [2.05, 4.69) is 20.2 Å². The highest BCUT2D eigenvalue weighted by atomic mass is 19.4. The van der Waals surface area contributed by atoms with Crippen molar-refractivity contribution in [3.8, 4) is 0 Å². The average molecular weight is 1170 g/mol. The largest absolute Gasteiger partial charge is 0.433 e. The van der Waals surface area contributed by atoms with Crippen molar-refractivity contribution < 1.29 is 96.7 Å². The lowest BCUT2D eigenvalue weighted by Crippen LogP contribution is -2.38. The van der Waals surface area contributed by atoms with Gasteiger partial charge in [-0.1, -0.05) is 0 Å². The van der Waals surface area contributed by atoms with Crippen LogP contribution >= 0.6 is 0 Å². The summed E-state index contributed by atoms with van der Waals surface area (Å²) >= 11 is 0. The van der Waals surface area contributed by atoms with Crippen molar-refractivity contribution in [1.29, 1.82) is 0 Å². The molecule has 4 aromatic rings. The molecule has 35 heteroatoms. The molecule has 4 aliphatic heterocycles. The molecule has 0 radical (unpaired) electrons. The third-order valence-electron chi connectivity index (χ3n) is 13.0. The highest BCUT2D eigenvalue weighted by Gasteiger charge is 2.49. The zero-order valence-corrected chi connectivity index (χ0v) is 44.2. The van der Waals surface area contributed by atoms with Crippen LogP contribution in [-0.2, 0) is 48.3 Å². The van der Waals surface area contributed by atoms with Gasteiger partial charge in [0, 0.05) is 80.0 Å². The van der Waals surface area contributed by atoms with Gasteiger partial charge in [-0.25, -0.2) is 43.8 Å². The number of aliphatic hydroxyl groups is 3. The van der Waals surface area contributed by atoms with Gasteiger partial charge in [0.1, 0.15) is 23.0 Å². The number of aliphatic hydroxyl groups excluding tert-OH is 3. The number of rotatable bonds is 8. The Labute approximate surface area is 447 Å². The Balaban J connectivity index is 0.000000196. The molecule has 23 nitrogen and oxygen atoms in total. The van der Waals surface area contributed by atoms with Crippen LogP contribution in [0.25, 0.3) is 0 Å². The number of nitrogens with zero attached hydrogens (tertiary/aromatic N) is 14. The summed E-state index contributed by atoms with van der Waals surface area (Å²) in [6.45, 7) is 9.05. The van der Waals surface area contributed by atoms with Crippen molar-refractivity contribution in [3.63, 3.8) is 0 Å². The lowest BCUT2D eigenvalue weighted by molar-refractivity contribution is -0.144. The van der Waals surface area contributed by atoms with E-state index in [1.807, 2.05) is 6.92 Å². The van der Waals surface area contributed by atoms with Crippen LogP contribution in [0.1, 0.15) is 57.1 Å². The molecule has 4 aliphatic rings. The van der Waals surface area contributed by atoms with E-state index in [0.29, 0.717) is 16.8 Å². The summed E-state index contributed by atoms with van der Waals surface area (Å²) < 4.78 is 164. The van der Waals surface area contributed by atoms with Crippen LogP contribution in [0.2, 0.25) is 0 Å². The lowest BCUT2D eigenvalue weighted by Gasteiger charge is -2.21. The number of hydrogen-bond donors (Lipinski definition) is 3. The monoisotopic (exact) mass is 1160 g/mol. The predicted octanol–water partition coefficient (Wildman–Crippen LogP) is 6.41. The fourth-order valence-electron chi connectivity index (χ4n) is 8.24. The minimum Gasteiger partial charge on any atom is -0.371 e. The number of amides is 8. The van der Waals surface area contributed by atoms with Gasteiger partial charge >= 0.3 is 48.8 Å². The van der Waals surface area contributed by atoms with Crippen molar-refractivity contribution >= 4 is 47.4 Å². The number of pyridine rings is 2. The Morgan fingerprint density at radius 2 is 0.775 bits per heavy atom. The van der Waals surface area contributed by atoms with Crippen LogP contribution in [0.3, 0.4) is 0 Å². The first-order valence-corrected chi connectivity index (χ1v) is 23.6. The molecule has 0 aliphatic carbocycles. The predicted molar refractivity (Wildman–Crippen MR) is 255 cm³/mol. The molecule has 8 rings (SSSR count). The maximum Gasteiger partial charge on any atom is 0.433 e. The topological polar surface area (TPSA) is 235 Å². The van der Waals surface area contributed by atoms with E-state index in [0.717, 1.165) is 72.9 Å². The zero-order valence-electron chi connectivity index (χ0n) is 44.2. The number of anilines is 4. The normalized spacial score (nSPS) is 23.7. The molecule has 0 aromatic carbocycles. The molecule has 0 bridgehead atoms. The number of alkyl halides is 12. The minimum atomic E-state index is -4.56. The zero-order chi connectivity index (χ0) is 60.6. The van der Waals surface area contributed by atoms with Crippen molar-refractivity contribution in [1.82, 2.24) is 49.1 Å². The minimum absolute atomic E-state index is 0.0310. The molecule has 4 unspecified atom stereocenters. The van der Waals surface area contributed by atoms with Gasteiger partial charge in [-0.05, 0) is 58.9 Å². The smallest absolute Gasteiger partial charge is 0.371 e. The summed E-state index contributed by atoms with van der Waals surface area (Å²) in [4.78, 5) is 64.1. The number of carbonyl (C=O) groups is 4. The molecule has 4 aromatic heterocycles. The molecule has 3 N–H and O–H groups in total. The van der Waals surface area contributed by atoms with Gasteiger partial charge in [0.05, 0.1) is 29.3 Å². The Bertz CT molecular complexity index is 2660. The summed E-state index contributed by atoms with van der Waals surface area (Å²) in [5.74, 6) is -0.750. The van der Waals surface area contributed by atoms with E-state index in [1.54, 1.807) is 34.7 Å². The number of ether oxygens (including phenoxy) is 2. The van der Waals surface area contributed by atoms with Crippen LogP contribution in [-0.4, -0.2) is 179 Å². The molecule has 8 heterocycles. The van der Waals surface area contributed by atoms with E-state index in [1.165, 1.54) is 42.9 Å². The Hall–Kier alpha value is -7.24. The molecule has 444 valence electrons. The van der Waals surface area contributed by atoms with Gasteiger partial charge in [-0.15, -0.1) is 0 Å². The number of halogens is 12. The number of aryl methyl sites for hydroxylation is 2. The summed E-state index contributed by atoms with van der Waals surface area (Å²) in [7, 11) is 8.21. The molecule has 4 fully saturated rings. The number of aromatic nitrogens is 6. The molecular formula is C45H56F12N14O9. The number of likely N-dealkylation sites (N-methyl/N-ethyl adjacent to an activating group) is 4. The molecule has 8 atom stereocenters. The van der Waals surface area contributed by atoms with Crippen molar-refractivity contribution in [3.05, 3.63) is 71.3 Å². The summed E-state index contributed by atoms with van der Waals surface area (Å²) in [6, 6.07) is 1.51. The van der Waals surface area contributed by atoms with Crippen molar-refractivity contribution in [2.24, 2.45) is 14.1 Å². The van der Waals surface area contributed by atoms with Gasteiger partial charge in [0.25, 0.3) is 0 Å². The maximum absolute atomic E-state index is 12.7. The SMILES string of the molecule is CC1[C@H](C)N(C)C(=O)N1c1cc(C(F)(F)F)n(C)n1.CCO[C@@H]1C(O)N(c2cc(C(F)(F)F)ccn2)C(=O)N1C.CCO[C@H]1C(O)N(c2cc(C(F)(F)F)ccn2)C(=O)N1C.C[C@@H]1C(O)N(c2cc(C(F)(F)F)n(C)n2)C(=O)N1C. The first kappa shape index (κ1) is 63.6. The van der Waals surface area contributed by atoms with Crippen LogP contribution < -0.4 is 19.6 Å². The Kier molecular flexibility index (Phi) is 19.0.